The normalized spacial score (nSPS) is 10.9. The molecule has 2 heterocycles. The summed E-state index contributed by atoms with van der Waals surface area (Å²) in [6.07, 6.45) is 1.89. The van der Waals surface area contributed by atoms with Crippen LogP contribution in [-0.2, 0) is 4.79 Å². The Labute approximate surface area is 209 Å². The van der Waals surface area contributed by atoms with Crippen molar-refractivity contribution in [2.45, 2.75) is 5.16 Å². The molecule has 5 rings (SSSR count). The Bertz CT molecular complexity index is 1560. The lowest BCUT2D eigenvalue weighted by Gasteiger charge is -2.11. The van der Waals surface area contributed by atoms with Crippen molar-refractivity contribution in [1.82, 2.24) is 19.7 Å². The first-order chi connectivity index (χ1) is 17.5. The fraction of sp³-hybridized carbons (Fsp3) is 0.0800. The van der Waals surface area contributed by atoms with Crippen molar-refractivity contribution < 1.29 is 14.5 Å². The number of nitro groups is 1. The summed E-state index contributed by atoms with van der Waals surface area (Å²) in [5, 5.41) is 24.0. The van der Waals surface area contributed by atoms with Gasteiger partial charge in [0.2, 0.25) is 5.91 Å². The number of amides is 1. The van der Waals surface area contributed by atoms with Crippen molar-refractivity contribution in [3.63, 3.8) is 0 Å². The molecule has 0 saturated carbocycles. The Balaban J connectivity index is 1.44. The van der Waals surface area contributed by atoms with Gasteiger partial charge in [0.05, 0.1) is 23.5 Å². The minimum Gasteiger partial charge on any atom is -0.497 e. The number of non-ortho nitro benzene ring substituents is 1. The predicted molar refractivity (Wildman–Crippen MR) is 138 cm³/mol. The summed E-state index contributed by atoms with van der Waals surface area (Å²) in [6.45, 7) is 0. The van der Waals surface area contributed by atoms with E-state index in [0.29, 0.717) is 22.4 Å². The monoisotopic (exact) mass is 500 g/mol. The molecule has 0 aliphatic rings. The highest BCUT2D eigenvalue weighted by atomic mass is 32.2. The number of benzene rings is 3. The van der Waals surface area contributed by atoms with Crippen LogP contribution < -0.4 is 10.1 Å². The average molecular weight is 501 g/mol. The van der Waals surface area contributed by atoms with Crippen molar-refractivity contribution >= 4 is 39.9 Å². The number of methoxy groups -OCH3 is 1. The number of hydrogen-bond donors (Lipinski definition) is 2. The minimum absolute atomic E-state index is 0.0430. The Kier molecular flexibility index (Phi) is 6.37. The molecule has 0 spiro atoms. The summed E-state index contributed by atoms with van der Waals surface area (Å²) in [6, 6.07) is 21.1. The number of aromatic amines is 1. The second-order valence-electron chi connectivity index (χ2n) is 7.73. The SMILES string of the molecule is COc1cccc(-n2c(SCC(=O)Nc3ccc([N+](=O)[O-])cc3)nnc2-c2c[nH]c3ccccc23)c1. The van der Waals surface area contributed by atoms with Crippen LogP contribution in [0.4, 0.5) is 11.4 Å². The lowest BCUT2D eigenvalue weighted by atomic mass is 10.1. The van der Waals surface area contributed by atoms with Crippen LogP contribution >= 0.6 is 11.8 Å². The summed E-state index contributed by atoms with van der Waals surface area (Å²) in [5.74, 6) is 1.09. The number of rotatable bonds is 8. The van der Waals surface area contributed by atoms with Gasteiger partial charge in [0.25, 0.3) is 5.69 Å². The van der Waals surface area contributed by atoms with E-state index in [1.807, 2.05) is 59.3 Å². The molecule has 0 fully saturated rings. The second-order valence-corrected chi connectivity index (χ2v) is 8.67. The van der Waals surface area contributed by atoms with E-state index < -0.39 is 4.92 Å². The number of hydrogen-bond acceptors (Lipinski definition) is 7. The maximum absolute atomic E-state index is 12.6. The molecule has 2 N–H and O–H groups in total. The average Bonchev–Trinajstić information content (AvgIpc) is 3.52. The molecule has 36 heavy (non-hydrogen) atoms. The number of nitrogens with zero attached hydrogens (tertiary/aromatic N) is 4. The lowest BCUT2D eigenvalue weighted by molar-refractivity contribution is -0.384. The van der Waals surface area contributed by atoms with Gasteiger partial charge in [0.1, 0.15) is 5.75 Å². The molecule has 0 saturated heterocycles. The van der Waals surface area contributed by atoms with Crippen LogP contribution in [0.2, 0.25) is 0 Å². The number of nitrogens with one attached hydrogen (secondary N) is 2. The van der Waals surface area contributed by atoms with E-state index in [4.69, 9.17) is 4.74 Å². The van der Waals surface area contributed by atoms with E-state index in [-0.39, 0.29) is 17.3 Å². The first kappa shape index (κ1) is 23.1. The first-order valence-corrected chi connectivity index (χ1v) is 11.9. The van der Waals surface area contributed by atoms with E-state index in [9.17, 15) is 14.9 Å². The zero-order valence-corrected chi connectivity index (χ0v) is 19.9. The van der Waals surface area contributed by atoms with Crippen molar-refractivity contribution in [1.29, 1.82) is 0 Å². The highest BCUT2D eigenvalue weighted by molar-refractivity contribution is 7.99. The third-order valence-corrected chi connectivity index (χ3v) is 6.40. The number of carbonyl (C=O) groups excluding carboxylic acids is 1. The van der Waals surface area contributed by atoms with Gasteiger partial charge in [-0.2, -0.15) is 0 Å². The number of H-pyrrole nitrogens is 1. The number of aromatic nitrogens is 4. The minimum atomic E-state index is -0.488. The summed E-state index contributed by atoms with van der Waals surface area (Å²) in [4.78, 5) is 26.2. The zero-order valence-electron chi connectivity index (χ0n) is 19.0. The van der Waals surface area contributed by atoms with Gasteiger partial charge in [-0.05, 0) is 30.3 Å². The highest BCUT2D eigenvalue weighted by Gasteiger charge is 2.20. The highest BCUT2D eigenvalue weighted by Crippen LogP contribution is 2.33. The number of thioether (sulfide) groups is 1. The molecule has 3 aromatic carbocycles. The van der Waals surface area contributed by atoms with Gasteiger partial charge in [0, 0.05) is 46.5 Å². The van der Waals surface area contributed by atoms with Gasteiger partial charge < -0.3 is 15.0 Å². The molecular weight excluding hydrogens is 480 g/mol. The van der Waals surface area contributed by atoms with Crippen LogP contribution in [0.15, 0.2) is 84.1 Å². The summed E-state index contributed by atoms with van der Waals surface area (Å²) >= 11 is 1.23. The molecule has 10 nitrogen and oxygen atoms in total. The van der Waals surface area contributed by atoms with Crippen LogP contribution in [0.3, 0.4) is 0 Å². The van der Waals surface area contributed by atoms with E-state index in [2.05, 4.69) is 20.5 Å². The molecule has 0 radical (unpaired) electrons. The molecule has 0 bridgehead atoms. The number of para-hydroxylation sites is 1. The topological polar surface area (TPSA) is 128 Å². The molecular formula is C25H20N6O4S. The predicted octanol–water partition coefficient (Wildman–Crippen LogP) is 5.06. The molecule has 1 amide bonds. The van der Waals surface area contributed by atoms with Gasteiger partial charge in [-0.1, -0.05) is 36.0 Å². The molecule has 0 aliphatic heterocycles. The van der Waals surface area contributed by atoms with Crippen LogP contribution in [0.1, 0.15) is 0 Å². The third-order valence-electron chi connectivity index (χ3n) is 5.47. The van der Waals surface area contributed by atoms with Gasteiger partial charge in [0.15, 0.2) is 11.0 Å². The van der Waals surface area contributed by atoms with Gasteiger partial charge in [-0.3, -0.25) is 19.5 Å². The molecule has 180 valence electrons. The van der Waals surface area contributed by atoms with Crippen LogP contribution in [-0.4, -0.2) is 43.4 Å². The Morgan fingerprint density at radius 2 is 1.92 bits per heavy atom. The van der Waals surface area contributed by atoms with E-state index in [0.717, 1.165) is 22.2 Å². The zero-order chi connectivity index (χ0) is 25.1. The second kappa shape index (κ2) is 9.92. The maximum Gasteiger partial charge on any atom is 0.269 e. The number of nitro benzene ring substituents is 1. The van der Waals surface area contributed by atoms with E-state index in [1.54, 1.807) is 7.11 Å². The Hall–Kier alpha value is -4.64. The van der Waals surface area contributed by atoms with Gasteiger partial charge >= 0.3 is 0 Å². The quantitative estimate of drug-likeness (QED) is 0.173. The fourth-order valence-corrected chi connectivity index (χ4v) is 4.52. The van der Waals surface area contributed by atoms with Crippen LogP contribution in [0.5, 0.6) is 5.75 Å². The third kappa shape index (κ3) is 4.64. The smallest absolute Gasteiger partial charge is 0.269 e. The Morgan fingerprint density at radius 1 is 1.11 bits per heavy atom. The summed E-state index contributed by atoms with van der Waals surface area (Å²) in [7, 11) is 1.60. The number of fused-ring (bicyclic) bond motifs is 1. The summed E-state index contributed by atoms with van der Waals surface area (Å²) in [5.41, 5.74) is 3.07. The van der Waals surface area contributed by atoms with Crippen molar-refractivity contribution in [2.24, 2.45) is 0 Å². The molecule has 11 heteroatoms. The van der Waals surface area contributed by atoms with E-state index >= 15 is 0 Å². The number of ether oxygens (including phenoxy) is 1. The van der Waals surface area contributed by atoms with Crippen molar-refractivity contribution in [3.8, 4) is 22.8 Å². The fourth-order valence-electron chi connectivity index (χ4n) is 3.77. The van der Waals surface area contributed by atoms with Crippen molar-refractivity contribution in [2.75, 3.05) is 18.2 Å². The van der Waals surface area contributed by atoms with Crippen molar-refractivity contribution in [3.05, 3.63) is 89.1 Å². The van der Waals surface area contributed by atoms with Gasteiger partial charge in [-0.25, -0.2) is 0 Å². The maximum atomic E-state index is 12.6. The molecule has 0 unspecified atom stereocenters. The molecule has 0 aliphatic carbocycles. The molecule has 5 aromatic rings. The van der Waals surface area contributed by atoms with Gasteiger partial charge in [-0.15, -0.1) is 10.2 Å². The molecule has 0 atom stereocenters. The lowest BCUT2D eigenvalue weighted by Crippen LogP contribution is -2.14. The number of carbonyl (C=O) groups is 1. The summed E-state index contributed by atoms with van der Waals surface area (Å²) < 4.78 is 7.30. The van der Waals surface area contributed by atoms with Crippen LogP contribution in [0, 0.1) is 10.1 Å². The number of anilines is 1. The molecule has 2 aromatic heterocycles. The Morgan fingerprint density at radius 3 is 2.69 bits per heavy atom. The largest absolute Gasteiger partial charge is 0.497 e. The standard InChI is InChI=1S/C25H20N6O4S/c1-35-19-6-4-5-18(13-19)30-24(21-14-26-22-8-3-2-7-20(21)22)28-29-25(30)36-15-23(32)27-16-9-11-17(12-10-16)31(33)34/h2-14,26H,15H2,1H3,(H,27,32). The van der Waals surface area contributed by atoms with E-state index in [1.165, 1.54) is 36.0 Å². The first-order valence-electron chi connectivity index (χ1n) is 10.9. The van der Waals surface area contributed by atoms with Crippen LogP contribution in [0.25, 0.3) is 28.0 Å².